The van der Waals surface area contributed by atoms with Crippen molar-refractivity contribution in [3.8, 4) is 0 Å². The first-order valence-electron chi connectivity index (χ1n) is 7.84. The predicted molar refractivity (Wildman–Crippen MR) is 101 cm³/mol. The molecular formula is C19H15FO4S2. The van der Waals surface area contributed by atoms with Gasteiger partial charge in [-0.1, -0.05) is 6.07 Å². The van der Waals surface area contributed by atoms with Crippen LogP contribution < -0.4 is 0 Å². The summed E-state index contributed by atoms with van der Waals surface area (Å²) in [4.78, 5) is 24.4. The summed E-state index contributed by atoms with van der Waals surface area (Å²) in [5.74, 6) is -1.58. The Hall–Kier alpha value is -2.51. The number of hydrogen-bond donors (Lipinski definition) is 0. The molecule has 4 nitrogen and oxygen atoms in total. The first-order chi connectivity index (χ1) is 12.6. The molecule has 0 aliphatic rings. The molecule has 0 unspecified atom stereocenters. The van der Waals surface area contributed by atoms with E-state index in [1.807, 2.05) is 16.8 Å². The monoisotopic (exact) mass is 390 g/mol. The van der Waals surface area contributed by atoms with E-state index in [4.69, 9.17) is 9.47 Å². The Labute approximate surface area is 157 Å². The van der Waals surface area contributed by atoms with Crippen molar-refractivity contribution < 1.29 is 23.5 Å². The lowest BCUT2D eigenvalue weighted by Gasteiger charge is -2.05. The van der Waals surface area contributed by atoms with Gasteiger partial charge in [0.25, 0.3) is 0 Å². The summed E-state index contributed by atoms with van der Waals surface area (Å²) in [5, 5.41) is 4.08. The van der Waals surface area contributed by atoms with Crippen molar-refractivity contribution in [1.82, 2.24) is 0 Å². The average molecular weight is 390 g/mol. The fourth-order valence-corrected chi connectivity index (χ4v) is 4.14. The molecule has 0 amide bonds. The van der Waals surface area contributed by atoms with Crippen molar-refractivity contribution in [1.29, 1.82) is 0 Å². The zero-order chi connectivity index (χ0) is 18.5. The van der Waals surface area contributed by atoms with Crippen LogP contribution in [0.25, 0.3) is 16.2 Å². The van der Waals surface area contributed by atoms with Crippen molar-refractivity contribution in [2.24, 2.45) is 0 Å². The summed E-state index contributed by atoms with van der Waals surface area (Å²) >= 11 is 2.65. The number of ether oxygens (including phenoxy) is 2. The minimum absolute atomic E-state index is 0.206. The molecular weight excluding hydrogens is 375 g/mol. The molecule has 2 aromatic heterocycles. The highest BCUT2D eigenvalue weighted by atomic mass is 32.1. The molecule has 2 heterocycles. The van der Waals surface area contributed by atoms with Crippen LogP contribution in [0.4, 0.5) is 4.39 Å². The van der Waals surface area contributed by atoms with Crippen molar-refractivity contribution in [2.75, 3.05) is 6.61 Å². The molecule has 1 aromatic carbocycles. The zero-order valence-corrected chi connectivity index (χ0v) is 15.5. The molecule has 0 bridgehead atoms. The van der Waals surface area contributed by atoms with Gasteiger partial charge in [-0.05, 0) is 47.5 Å². The number of fused-ring (bicyclic) bond motifs is 1. The predicted octanol–water partition coefficient (Wildman–Crippen LogP) is 5.04. The maximum atomic E-state index is 14.3. The number of carbonyl (C=O) groups excluding carboxylic acids is 2. The molecule has 0 fully saturated rings. The second kappa shape index (κ2) is 8.25. The van der Waals surface area contributed by atoms with Crippen molar-refractivity contribution in [3.05, 3.63) is 62.9 Å². The van der Waals surface area contributed by atoms with Crippen molar-refractivity contribution in [2.45, 2.75) is 13.5 Å². The molecule has 0 atom stereocenters. The summed E-state index contributed by atoms with van der Waals surface area (Å²) in [5.41, 5.74) is 1.23. The van der Waals surface area contributed by atoms with E-state index in [0.29, 0.717) is 10.3 Å². The SMILES string of the molecule is CCOC(=O)c1sc2cccc(F)c2c1COC(=O)/C=C/c1ccsc1. The smallest absolute Gasteiger partial charge is 0.348 e. The largest absolute Gasteiger partial charge is 0.462 e. The minimum Gasteiger partial charge on any atom is -0.462 e. The Bertz CT molecular complexity index is 957. The van der Waals surface area contributed by atoms with Crippen LogP contribution in [0.3, 0.4) is 0 Å². The number of benzene rings is 1. The second-order valence-corrected chi connectivity index (χ2v) is 7.07. The normalized spacial score (nSPS) is 11.2. The van der Waals surface area contributed by atoms with E-state index < -0.39 is 17.8 Å². The third kappa shape index (κ3) is 4.00. The average Bonchev–Trinajstić information content (AvgIpc) is 3.26. The third-order valence-electron chi connectivity index (χ3n) is 3.54. The van der Waals surface area contributed by atoms with E-state index >= 15 is 0 Å². The molecule has 0 spiro atoms. The summed E-state index contributed by atoms with van der Waals surface area (Å²) in [6.07, 6.45) is 2.94. The Morgan fingerprint density at radius 3 is 2.81 bits per heavy atom. The Balaban J connectivity index is 1.84. The molecule has 0 saturated heterocycles. The Morgan fingerprint density at radius 1 is 1.23 bits per heavy atom. The molecule has 0 aliphatic heterocycles. The fraction of sp³-hybridized carbons (Fsp3) is 0.158. The van der Waals surface area contributed by atoms with Gasteiger partial charge in [0.1, 0.15) is 17.3 Å². The van der Waals surface area contributed by atoms with Crippen LogP contribution >= 0.6 is 22.7 Å². The van der Waals surface area contributed by atoms with E-state index in [0.717, 1.165) is 16.9 Å². The molecule has 0 radical (unpaired) electrons. The molecule has 0 saturated carbocycles. The topological polar surface area (TPSA) is 52.6 Å². The van der Waals surface area contributed by atoms with E-state index in [9.17, 15) is 14.0 Å². The van der Waals surface area contributed by atoms with E-state index in [-0.39, 0.29) is 23.5 Å². The summed E-state index contributed by atoms with van der Waals surface area (Å²) < 4.78 is 25.1. The third-order valence-corrected chi connectivity index (χ3v) is 5.42. The first kappa shape index (κ1) is 18.3. The van der Waals surface area contributed by atoms with E-state index in [1.54, 1.807) is 25.1 Å². The second-order valence-electron chi connectivity index (χ2n) is 5.24. The molecule has 134 valence electrons. The van der Waals surface area contributed by atoms with Gasteiger partial charge in [-0.15, -0.1) is 11.3 Å². The van der Waals surface area contributed by atoms with Gasteiger partial charge in [-0.3, -0.25) is 0 Å². The van der Waals surface area contributed by atoms with Gasteiger partial charge < -0.3 is 9.47 Å². The number of halogens is 1. The molecule has 26 heavy (non-hydrogen) atoms. The van der Waals surface area contributed by atoms with Gasteiger partial charge in [0.05, 0.1) is 6.61 Å². The first-order valence-corrected chi connectivity index (χ1v) is 9.60. The Morgan fingerprint density at radius 2 is 2.08 bits per heavy atom. The lowest BCUT2D eigenvalue weighted by atomic mass is 10.1. The molecule has 0 N–H and O–H groups in total. The number of thiophene rings is 2. The highest BCUT2D eigenvalue weighted by Crippen LogP contribution is 2.34. The molecule has 0 aliphatic carbocycles. The lowest BCUT2D eigenvalue weighted by molar-refractivity contribution is -0.138. The van der Waals surface area contributed by atoms with Crippen LogP contribution in [0.5, 0.6) is 0 Å². The summed E-state index contributed by atoms with van der Waals surface area (Å²) in [6, 6.07) is 6.47. The highest BCUT2D eigenvalue weighted by molar-refractivity contribution is 7.21. The maximum Gasteiger partial charge on any atom is 0.348 e. The van der Waals surface area contributed by atoms with Gasteiger partial charge >= 0.3 is 11.9 Å². The number of rotatable bonds is 6. The molecule has 3 aromatic rings. The van der Waals surface area contributed by atoms with Crippen LogP contribution in [-0.2, 0) is 20.9 Å². The van der Waals surface area contributed by atoms with Gasteiger partial charge in [-0.2, -0.15) is 11.3 Å². The van der Waals surface area contributed by atoms with Gasteiger partial charge in [0, 0.05) is 21.7 Å². The zero-order valence-electron chi connectivity index (χ0n) is 13.9. The fourth-order valence-electron chi connectivity index (χ4n) is 2.39. The Kier molecular flexibility index (Phi) is 5.80. The summed E-state index contributed by atoms with van der Waals surface area (Å²) in [6.45, 7) is 1.70. The summed E-state index contributed by atoms with van der Waals surface area (Å²) in [7, 11) is 0. The lowest BCUT2D eigenvalue weighted by Crippen LogP contribution is -2.08. The van der Waals surface area contributed by atoms with Crippen LogP contribution in [0.2, 0.25) is 0 Å². The molecule has 3 rings (SSSR count). The molecule has 7 heteroatoms. The maximum absolute atomic E-state index is 14.3. The number of esters is 2. The van der Waals surface area contributed by atoms with Crippen molar-refractivity contribution in [3.63, 3.8) is 0 Å². The number of carbonyl (C=O) groups is 2. The quantitative estimate of drug-likeness (QED) is 0.437. The highest BCUT2D eigenvalue weighted by Gasteiger charge is 2.22. The van der Waals surface area contributed by atoms with Crippen LogP contribution in [0.15, 0.2) is 41.1 Å². The van der Waals surface area contributed by atoms with Crippen molar-refractivity contribution >= 4 is 50.8 Å². The van der Waals surface area contributed by atoms with Gasteiger partial charge in [-0.25, -0.2) is 14.0 Å². The van der Waals surface area contributed by atoms with Crippen LogP contribution in [0, 0.1) is 5.82 Å². The van der Waals surface area contributed by atoms with E-state index in [1.165, 1.54) is 23.5 Å². The van der Waals surface area contributed by atoms with Crippen LogP contribution in [0.1, 0.15) is 27.7 Å². The van der Waals surface area contributed by atoms with Gasteiger partial charge in [0.15, 0.2) is 0 Å². The van der Waals surface area contributed by atoms with Gasteiger partial charge in [0.2, 0.25) is 0 Å². The number of hydrogen-bond acceptors (Lipinski definition) is 6. The van der Waals surface area contributed by atoms with Crippen LogP contribution in [-0.4, -0.2) is 18.5 Å². The standard InChI is InChI=1S/C19H15FO4S2/c1-2-23-19(22)18-13(17-14(20)4-3-5-15(17)26-18)10-24-16(21)7-6-12-8-9-25-11-12/h3-9,11H,2,10H2,1H3/b7-6+. The minimum atomic E-state index is -0.568. The van der Waals surface area contributed by atoms with E-state index in [2.05, 4.69) is 0 Å².